The maximum absolute atomic E-state index is 6.23. The SMILES string of the molecule is COc1cccc2c1nc(N)n1nc([C@@H]3CCCN(c4cnn(C5CCOC5)c4)C3)nc21. The van der Waals surface area contributed by atoms with Gasteiger partial charge in [0.15, 0.2) is 11.5 Å². The zero-order chi connectivity index (χ0) is 21.7. The van der Waals surface area contributed by atoms with Crippen LogP contribution in [0.25, 0.3) is 16.6 Å². The molecule has 2 saturated heterocycles. The van der Waals surface area contributed by atoms with E-state index in [9.17, 15) is 0 Å². The largest absolute Gasteiger partial charge is 0.494 e. The van der Waals surface area contributed by atoms with Gasteiger partial charge < -0.3 is 20.1 Å². The monoisotopic (exact) mass is 434 g/mol. The van der Waals surface area contributed by atoms with Crippen molar-refractivity contribution in [2.24, 2.45) is 0 Å². The van der Waals surface area contributed by atoms with Gasteiger partial charge in [-0.25, -0.2) is 9.97 Å². The van der Waals surface area contributed by atoms with Crippen molar-refractivity contribution in [3.05, 3.63) is 36.4 Å². The van der Waals surface area contributed by atoms with E-state index in [4.69, 9.17) is 25.3 Å². The molecule has 2 fully saturated rings. The zero-order valence-electron chi connectivity index (χ0n) is 18.0. The topological polar surface area (TPSA) is 109 Å². The number of nitrogens with two attached hydrogens (primary N) is 1. The van der Waals surface area contributed by atoms with Crippen molar-refractivity contribution >= 4 is 28.2 Å². The van der Waals surface area contributed by atoms with E-state index in [2.05, 4.69) is 21.2 Å². The lowest BCUT2D eigenvalue weighted by Gasteiger charge is -2.32. The molecule has 1 unspecified atom stereocenters. The molecule has 4 aromatic rings. The summed E-state index contributed by atoms with van der Waals surface area (Å²) >= 11 is 0. The van der Waals surface area contributed by atoms with Gasteiger partial charge in [0, 0.05) is 37.2 Å². The summed E-state index contributed by atoms with van der Waals surface area (Å²) in [5, 5.41) is 10.2. The Morgan fingerprint density at radius 2 is 2.16 bits per heavy atom. The van der Waals surface area contributed by atoms with Crippen molar-refractivity contribution in [3.63, 3.8) is 0 Å². The molecular formula is C22H26N8O2. The molecule has 0 aliphatic carbocycles. The van der Waals surface area contributed by atoms with Crippen LogP contribution in [0.2, 0.25) is 0 Å². The minimum absolute atomic E-state index is 0.210. The van der Waals surface area contributed by atoms with Crippen LogP contribution in [-0.2, 0) is 4.74 Å². The van der Waals surface area contributed by atoms with Gasteiger partial charge in [-0.3, -0.25) is 4.68 Å². The van der Waals surface area contributed by atoms with E-state index in [1.807, 2.05) is 29.1 Å². The van der Waals surface area contributed by atoms with Gasteiger partial charge >= 0.3 is 0 Å². The lowest BCUT2D eigenvalue weighted by molar-refractivity contribution is 0.184. The maximum Gasteiger partial charge on any atom is 0.223 e. The van der Waals surface area contributed by atoms with Crippen molar-refractivity contribution in [2.45, 2.75) is 31.2 Å². The molecule has 0 amide bonds. The number of anilines is 2. The van der Waals surface area contributed by atoms with E-state index in [0.29, 0.717) is 28.9 Å². The summed E-state index contributed by atoms with van der Waals surface area (Å²) in [5.41, 5.74) is 8.79. The maximum atomic E-state index is 6.23. The minimum Gasteiger partial charge on any atom is -0.494 e. The molecule has 166 valence electrons. The fourth-order valence-corrected chi connectivity index (χ4v) is 4.82. The second-order valence-electron chi connectivity index (χ2n) is 8.51. The Morgan fingerprint density at radius 1 is 1.22 bits per heavy atom. The van der Waals surface area contributed by atoms with Crippen LogP contribution in [0.4, 0.5) is 11.6 Å². The molecule has 6 rings (SSSR count). The number of benzene rings is 1. The molecule has 10 nitrogen and oxygen atoms in total. The first-order valence-corrected chi connectivity index (χ1v) is 11.1. The van der Waals surface area contributed by atoms with Crippen molar-refractivity contribution in [3.8, 4) is 5.75 Å². The Hall–Kier alpha value is -3.40. The second-order valence-corrected chi connectivity index (χ2v) is 8.51. The third-order valence-corrected chi connectivity index (χ3v) is 6.55. The van der Waals surface area contributed by atoms with E-state index in [1.54, 1.807) is 11.6 Å². The van der Waals surface area contributed by atoms with Crippen LogP contribution in [0.1, 0.15) is 37.0 Å². The molecule has 0 saturated carbocycles. The summed E-state index contributed by atoms with van der Waals surface area (Å²) in [6, 6.07) is 6.12. The van der Waals surface area contributed by atoms with Crippen LogP contribution in [0.3, 0.4) is 0 Å². The highest BCUT2D eigenvalue weighted by molar-refractivity contribution is 5.95. The Balaban J connectivity index is 1.31. The third kappa shape index (κ3) is 3.13. The summed E-state index contributed by atoms with van der Waals surface area (Å²) in [6.07, 6.45) is 7.22. The Bertz CT molecular complexity index is 1280. The highest BCUT2D eigenvalue weighted by Gasteiger charge is 2.27. The predicted octanol–water partition coefficient (Wildman–Crippen LogP) is 2.41. The van der Waals surface area contributed by atoms with Gasteiger partial charge in [0.25, 0.3) is 0 Å². The number of nitrogen functional groups attached to an aromatic ring is 1. The van der Waals surface area contributed by atoms with E-state index in [1.165, 1.54) is 0 Å². The molecule has 2 aliphatic rings. The van der Waals surface area contributed by atoms with Gasteiger partial charge in [-0.05, 0) is 31.4 Å². The lowest BCUT2D eigenvalue weighted by atomic mass is 9.97. The minimum atomic E-state index is 0.210. The Labute approximate surface area is 184 Å². The number of para-hydroxylation sites is 1. The first-order valence-electron chi connectivity index (χ1n) is 11.1. The van der Waals surface area contributed by atoms with Crippen molar-refractivity contribution in [1.29, 1.82) is 0 Å². The average molecular weight is 435 g/mol. The third-order valence-electron chi connectivity index (χ3n) is 6.55. The van der Waals surface area contributed by atoms with Gasteiger partial charge in [-0.2, -0.15) is 9.61 Å². The van der Waals surface area contributed by atoms with E-state index in [0.717, 1.165) is 62.5 Å². The normalized spacial score (nSPS) is 21.6. The van der Waals surface area contributed by atoms with Crippen molar-refractivity contribution in [2.75, 3.05) is 44.0 Å². The number of hydrogen-bond donors (Lipinski definition) is 1. The van der Waals surface area contributed by atoms with Crippen LogP contribution < -0.4 is 15.4 Å². The smallest absolute Gasteiger partial charge is 0.223 e. The molecule has 0 bridgehead atoms. The van der Waals surface area contributed by atoms with Crippen LogP contribution in [0.5, 0.6) is 5.75 Å². The molecule has 5 heterocycles. The fourth-order valence-electron chi connectivity index (χ4n) is 4.82. The standard InChI is InChI=1S/C22H26N8O2/c1-31-18-6-2-5-17-19(18)25-22(23)30-21(17)26-20(27-30)14-4-3-8-28(11-14)16-10-24-29(12-16)15-7-9-32-13-15/h2,5-6,10,12,14-15H,3-4,7-9,11,13H2,1H3,(H2,23,25)/t14-,15?/m1/s1. The zero-order valence-corrected chi connectivity index (χ0v) is 18.0. The van der Waals surface area contributed by atoms with Gasteiger partial charge in [-0.1, -0.05) is 6.07 Å². The predicted molar refractivity (Wildman–Crippen MR) is 120 cm³/mol. The first kappa shape index (κ1) is 19.3. The molecule has 0 radical (unpaired) electrons. The van der Waals surface area contributed by atoms with Gasteiger partial charge in [-0.15, -0.1) is 5.10 Å². The second kappa shape index (κ2) is 7.63. The van der Waals surface area contributed by atoms with Crippen molar-refractivity contribution in [1.82, 2.24) is 29.4 Å². The number of rotatable bonds is 4. The summed E-state index contributed by atoms with van der Waals surface area (Å²) in [5.74, 6) is 2.00. The van der Waals surface area contributed by atoms with Crippen LogP contribution >= 0.6 is 0 Å². The number of aromatic nitrogens is 6. The number of piperidine rings is 1. The van der Waals surface area contributed by atoms with Gasteiger partial charge in [0.2, 0.25) is 5.95 Å². The summed E-state index contributed by atoms with van der Waals surface area (Å²) < 4.78 is 14.7. The highest BCUT2D eigenvalue weighted by Crippen LogP contribution is 2.32. The molecule has 32 heavy (non-hydrogen) atoms. The molecule has 2 N–H and O–H groups in total. The van der Waals surface area contributed by atoms with Crippen LogP contribution in [-0.4, -0.2) is 62.8 Å². The number of methoxy groups -OCH3 is 1. The molecule has 10 heteroatoms. The van der Waals surface area contributed by atoms with Crippen molar-refractivity contribution < 1.29 is 9.47 Å². The summed E-state index contributed by atoms with van der Waals surface area (Å²) in [6.45, 7) is 3.39. The van der Waals surface area contributed by atoms with Crippen LogP contribution in [0, 0.1) is 0 Å². The highest BCUT2D eigenvalue weighted by atomic mass is 16.5. The van der Waals surface area contributed by atoms with E-state index < -0.39 is 0 Å². The Kier molecular flexibility index (Phi) is 4.60. The lowest BCUT2D eigenvalue weighted by Crippen LogP contribution is -2.34. The average Bonchev–Trinajstić information content (AvgIpc) is 3.59. The Morgan fingerprint density at radius 3 is 3.00 bits per heavy atom. The van der Waals surface area contributed by atoms with E-state index >= 15 is 0 Å². The van der Waals surface area contributed by atoms with Crippen LogP contribution in [0.15, 0.2) is 30.6 Å². The molecule has 0 spiro atoms. The van der Waals surface area contributed by atoms with Gasteiger partial charge in [0.05, 0.1) is 31.6 Å². The number of nitrogens with zero attached hydrogens (tertiary/aromatic N) is 7. The first-order chi connectivity index (χ1) is 15.7. The molecule has 2 atom stereocenters. The number of ether oxygens (including phenoxy) is 2. The fraction of sp³-hybridized carbons (Fsp3) is 0.455. The number of hydrogen-bond acceptors (Lipinski definition) is 8. The molecular weight excluding hydrogens is 408 g/mol. The quantitative estimate of drug-likeness (QED) is 0.522. The summed E-state index contributed by atoms with van der Waals surface area (Å²) in [7, 11) is 1.63. The molecule has 3 aromatic heterocycles. The van der Waals surface area contributed by atoms with E-state index in [-0.39, 0.29) is 5.92 Å². The molecule has 2 aliphatic heterocycles. The van der Waals surface area contributed by atoms with Gasteiger partial charge in [0.1, 0.15) is 11.3 Å². The number of fused-ring (bicyclic) bond motifs is 3. The summed E-state index contributed by atoms with van der Waals surface area (Å²) in [4.78, 5) is 11.8. The molecule has 1 aromatic carbocycles.